The van der Waals surface area contributed by atoms with Gasteiger partial charge in [-0.3, -0.25) is 5.10 Å². The Morgan fingerprint density at radius 3 is 3.00 bits per heavy atom. The van der Waals surface area contributed by atoms with E-state index in [1.807, 2.05) is 11.4 Å². The zero-order valence-corrected chi connectivity index (χ0v) is 8.90. The first-order chi connectivity index (χ1) is 6.84. The quantitative estimate of drug-likeness (QED) is 0.854. The number of H-pyrrole nitrogens is 1. The maximum Gasteiger partial charge on any atom is 0.192 e. The summed E-state index contributed by atoms with van der Waals surface area (Å²) in [6, 6.07) is 1.87. The van der Waals surface area contributed by atoms with Crippen molar-refractivity contribution in [3.8, 4) is 10.7 Å². The third kappa shape index (κ3) is 1.35. The maximum atomic E-state index is 6.00. The predicted molar refractivity (Wildman–Crippen MR) is 56.7 cm³/mol. The van der Waals surface area contributed by atoms with Crippen molar-refractivity contribution in [2.75, 3.05) is 0 Å². The maximum absolute atomic E-state index is 6.00. The second kappa shape index (κ2) is 3.07. The molecular formula is C9H8ClN3S. The Labute approximate surface area is 90.1 Å². The Balaban J connectivity index is 1.99. The molecule has 5 heteroatoms. The van der Waals surface area contributed by atoms with Crippen LogP contribution < -0.4 is 0 Å². The van der Waals surface area contributed by atoms with Crippen LogP contribution in [0.25, 0.3) is 10.7 Å². The third-order valence-electron chi connectivity index (χ3n) is 2.29. The summed E-state index contributed by atoms with van der Waals surface area (Å²) in [6.45, 7) is 0. The van der Waals surface area contributed by atoms with E-state index in [2.05, 4.69) is 15.2 Å². The van der Waals surface area contributed by atoms with Crippen molar-refractivity contribution in [2.45, 2.75) is 18.8 Å². The number of nitrogens with one attached hydrogen (secondary N) is 1. The van der Waals surface area contributed by atoms with Crippen LogP contribution in [0.4, 0.5) is 0 Å². The number of aromatic nitrogens is 3. The van der Waals surface area contributed by atoms with Crippen LogP contribution in [0.1, 0.15) is 24.6 Å². The Morgan fingerprint density at radius 1 is 1.50 bits per heavy atom. The van der Waals surface area contributed by atoms with Gasteiger partial charge < -0.3 is 0 Å². The van der Waals surface area contributed by atoms with E-state index in [1.165, 1.54) is 12.8 Å². The number of rotatable bonds is 2. The molecule has 1 saturated carbocycles. The van der Waals surface area contributed by atoms with Gasteiger partial charge in [0.25, 0.3) is 0 Å². The normalized spacial score (nSPS) is 16.1. The van der Waals surface area contributed by atoms with Crippen molar-refractivity contribution >= 4 is 22.9 Å². The van der Waals surface area contributed by atoms with Crippen LogP contribution in [0.5, 0.6) is 0 Å². The molecule has 0 amide bonds. The molecule has 1 N–H and O–H groups in total. The molecule has 3 nitrogen and oxygen atoms in total. The molecule has 0 saturated heterocycles. The molecule has 1 aliphatic rings. The highest BCUT2D eigenvalue weighted by Crippen LogP contribution is 2.39. The van der Waals surface area contributed by atoms with Crippen LogP contribution in [0, 0.1) is 0 Å². The largest absolute Gasteiger partial charge is 0.262 e. The van der Waals surface area contributed by atoms with Gasteiger partial charge in [0, 0.05) is 5.92 Å². The van der Waals surface area contributed by atoms with E-state index in [0.29, 0.717) is 5.92 Å². The van der Waals surface area contributed by atoms with Crippen LogP contribution in [-0.2, 0) is 0 Å². The summed E-state index contributed by atoms with van der Waals surface area (Å²) in [5.41, 5.74) is 0. The van der Waals surface area contributed by atoms with E-state index in [0.717, 1.165) is 21.5 Å². The van der Waals surface area contributed by atoms with Gasteiger partial charge in [0.2, 0.25) is 0 Å². The molecule has 0 bridgehead atoms. The predicted octanol–water partition coefficient (Wildman–Crippen LogP) is 3.06. The number of hydrogen-bond donors (Lipinski definition) is 1. The van der Waals surface area contributed by atoms with Crippen LogP contribution in [0.15, 0.2) is 11.4 Å². The lowest BCUT2D eigenvalue weighted by Gasteiger charge is -1.88. The number of hydrogen-bond acceptors (Lipinski definition) is 3. The van der Waals surface area contributed by atoms with Crippen molar-refractivity contribution in [3.05, 3.63) is 22.3 Å². The average Bonchev–Trinajstić information content (AvgIpc) is 2.75. The summed E-state index contributed by atoms with van der Waals surface area (Å²) in [5.74, 6) is 2.34. The van der Waals surface area contributed by atoms with Gasteiger partial charge in [-0.25, -0.2) is 4.98 Å². The number of nitrogens with zero attached hydrogens (tertiary/aromatic N) is 2. The van der Waals surface area contributed by atoms with Gasteiger partial charge in [0.1, 0.15) is 5.82 Å². The number of halogens is 1. The Morgan fingerprint density at radius 2 is 2.36 bits per heavy atom. The van der Waals surface area contributed by atoms with E-state index in [4.69, 9.17) is 11.6 Å². The van der Waals surface area contributed by atoms with Gasteiger partial charge in [0.05, 0.1) is 9.90 Å². The number of aromatic amines is 1. The standard InChI is InChI=1S/C9H8ClN3S/c10-6-3-4-14-7(6)9-11-8(12-13-9)5-1-2-5/h3-5H,1-2H2,(H,11,12,13). The Hall–Kier alpha value is -0.870. The molecule has 1 fully saturated rings. The summed E-state index contributed by atoms with van der Waals surface area (Å²) in [7, 11) is 0. The second-order valence-corrected chi connectivity index (χ2v) is 4.74. The molecule has 2 aromatic rings. The molecule has 0 aromatic carbocycles. The monoisotopic (exact) mass is 225 g/mol. The smallest absolute Gasteiger partial charge is 0.192 e. The van der Waals surface area contributed by atoms with E-state index in [9.17, 15) is 0 Å². The number of thiophene rings is 1. The van der Waals surface area contributed by atoms with Gasteiger partial charge in [-0.1, -0.05) is 11.6 Å². The lowest BCUT2D eigenvalue weighted by molar-refractivity contribution is 0.935. The molecule has 14 heavy (non-hydrogen) atoms. The van der Waals surface area contributed by atoms with E-state index in [-0.39, 0.29) is 0 Å². The summed E-state index contributed by atoms with van der Waals surface area (Å²) in [6.07, 6.45) is 2.46. The molecule has 0 aliphatic heterocycles. The van der Waals surface area contributed by atoms with E-state index >= 15 is 0 Å². The molecule has 2 heterocycles. The fourth-order valence-corrected chi connectivity index (χ4v) is 2.44. The van der Waals surface area contributed by atoms with Crippen LogP contribution in [0.2, 0.25) is 5.02 Å². The van der Waals surface area contributed by atoms with Gasteiger partial charge in [-0.15, -0.1) is 11.3 Å². The zero-order chi connectivity index (χ0) is 9.54. The fourth-order valence-electron chi connectivity index (χ4n) is 1.37. The highest BCUT2D eigenvalue weighted by atomic mass is 35.5. The van der Waals surface area contributed by atoms with E-state index < -0.39 is 0 Å². The highest BCUT2D eigenvalue weighted by Gasteiger charge is 2.27. The SMILES string of the molecule is Clc1ccsc1-c1n[nH]c(C2CC2)n1. The van der Waals surface area contributed by atoms with Crippen molar-refractivity contribution in [2.24, 2.45) is 0 Å². The minimum Gasteiger partial charge on any atom is -0.262 e. The first-order valence-corrected chi connectivity index (χ1v) is 5.76. The minimum absolute atomic E-state index is 0.606. The Bertz CT molecular complexity index is 458. The van der Waals surface area contributed by atoms with Crippen LogP contribution in [0.3, 0.4) is 0 Å². The van der Waals surface area contributed by atoms with Crippen LogP contribution >= 0.6 is 22.9 Å². The molecule has 0 radical (unpaired) electrons. The molecule has 72 valence electrons. The van der Waals surface area contributed by atoms with Crippen molar-refractivity contribution < 1.29 is 0 Å². The third-order valence-corrected chi connectivity index (χ3v) is 3.62. The summed E-state index contributed by atoms with van der Waals surface area (Å²) < 4.78 is 0. The summed E-state index contributed by atoms with van der Waals surface area (Å²) in [4.78, 5) is 5.39. The van der Waals surface area contributed by atoms with Crippen molar-refractivity contribution in [3.63, 3.8) is 0 Å². The van der Waals surface area contributed by atoms with E-state index in [1.54, 1.807) is 11.3 Å². The molecule has 2 aromatic heterocycles. The average molecular weight is 226 g/mol. The molecular weight excluding hydrogens is 218 g/mol. The first kappa shape index (κ1) is 8.44. The second-order valence-electron chi connectivity index (χ2n) is 3.42. The first-order valence-electron chi connectivity index (χ1n) is 4.50. The van der Waals surface area contributed by atoms with Crippen molar-refractivity contribution in [1.82, 2.24) is 15.2 Å². The molecule has 0 unspecified atom stereocenters. The van der Waals surface area contributed by atoms with Gasteiger partial charge in [-0.05, 0) is 24.3 Å². The van der Waals surface area contributed by atoms with Gasteiger partial charge >= 0.3 is 0 Å². The lowest BCUT2D eigenvalue weighted by Crippen LogP contribution is -1.80. The summed E-state index contributed by atoms with van der Waals surface area (Å²) in [5, 5.41) is 9.82. The van der Waals surface area contributed by atoms with Gasteiger partial charge in [-0.2, -0.15) is 5.10 Å². The van der Waals surface area contributed by atoms with Crippen molar-refractivity contribution in [1.29, 1.82) is 0 Å². The molecule has 3 rings (SSSR count). The zero-order valence-electron chi connectivity index (χ0n) is 7.33. The lowest BCUT2D eigenvalue weighted by atomic mass is 10.4. The minimum atomic E-state index is 0.606. The Kier molecular flexibility index (Phi) is 1.85. The van der Waals surface area contributed by atoms with Crippen LogP contribution in [-0.4, -0.2) is 15.2 Å². The fraction of sp³-hybridized carbons (Fsp3) is 0.333. The molecule has 0 spiro atoms. The highest BCUT2D eigenvalue weighted by molar-refractivity contribution is 7.14. The molecule has 0 atom stereocenters. The molecule has 1 aliphatic carbocycles. The summed E-state index contributed by atoms with van der Waals surface area (Å²) >= 11 is 7.57. The topological polar surface area (TPSA) is 41.6 Å². The van der Waals surface area contributed by atoms with Gasteiger partial charge in [0.15, 0.2) is 5.82 Å².